The van der Waals surface area contributed by atoms with Crippen LogP contribution in [0, 0.1) is 5.92 Å². The molecule has 8 heteroatoms. The first-order valence-corrected chi connectivity index (χ1v) is 9.04. The largest absolute Gasteiger partial charge is 0.477 e. The zero-order valence-electron chi connectivity index (χ0n) is 16.0. The molecule has 146 valence electrons. The van der Waals surface area contributed by atoms with Crippen molar-refractivity contribution in [3.63, 3.8) is 0 Å². The number of aromatic nitrogens is 3. The number of hydrogen-bond acceptors (Lipinski definition) is 5. The number of benzene rings is 1. The van der Waals surface area contributed by atoms with E-state index >= 15 is 0 Å². The van der Waals surface area contributed by atoms with Crippen molar-refractivity contribution in [2.45, 2.75) is 27.2 Å². The summed E-state index contributed by atoms with van der Waals surface area (Å²) in [5, 5.41) is 16.4. The Morgan fingerprint density at radius 3 is 2.54 bits per heavy atom. The summed E-state index contributed by atoms with van der Waals surface area (Å²) >= 11 is 0. The molecular formula is C20H22N4O4. The summed E-state index contributed by atoms with van der Waals surface area (Å²) in [7, 11) is 0. The van der Waals surface area contributed by atoms with Crippen LogP contribution in [0.1, 0.15) is 37.0 Å². The SMILES string of the molecule is CCc1cc(C(=O)O)nc2cc(-c3ccc(NC(=O)OCC(C)C)cc3)nn12. The average molecular weight is 382 g/mol. The van der Waals surface area contributed by atoms with Crippen molar-refractivity contribution in [3.8, 4) is 11.3 Å². The Labute approximate surface area is 162 Å². The Hall–Kier alpha value is -3.42. The number of carboxylic acids is 1. The van der Waals surface area contributed by atoms with Gasteiger partial charge in [-0.15, -0.1) is 0 Å². The van der Waals surface area contributed by atoms with Crippen molar-refractivity contribution >= 4 is 23.4 Å². The van der Waals surface area contributed by atoms with Crippen molar-refractivity contribution in [1.82, 2.24) is 14.6 Å². The van der Waals surface area contributed by atoms with Crippen molar-refractivity contribution in [3.05, 3.63) is 47.8 Å². The zero-order valence-corrected chi connectivity index (χ0v) is 16.0. The molecule has 0 unspecified atom stereocenters. The van der Waals surface area contributed by atoms with E-state index in [0.29, 0.717) is 30.1 Å². The predicted octanol–water partition coefficient (Wildman–Crippen LogP) is 3.86. The van der Waals surface area contributed by atoms with Gasteiger partial charge in [0.15, 0.2) is 11.3 Å². The molecule has 1 amide bonds. The van der Waals surface area contributed by atoms with Crippen LogP contribution in [0.2, 0.25) is 0 Å². The van der Waals surface area contributed by atoms with E-state index in [-0.39, 0.29) is 11.6 Å². The van der Waals surface area contributed by atoms with Crippen LogP contribution in [0.4, 0.5) is 10.5 Å². The molecule has 3 aromatic rings. The van der Waals surface area contributed by atoms with E-state index in [0.717, 1.165) is 11.3 Å². The van der Waals surface area contributed by atoms with Gasteiger partial charge < -0.3 is 9.84 Å². The van der Waals surface area contributed by atoms with E-state index in [1.54, 1.807) is 22.7 Å². The second-order valence-corrected chi connectivity index (χ2v) is 6.79. The highest BCUT2D eigenvalue weighted by Gasteiger charge is 2.13. The molecule has 28 heavy (non-hydrogen) atoms. The normalized spacial score (nSPS) is 11.0. The third kappa shape index (κ3) is 4.28. The average Bonchev–Trinajstić information content (AvgIpc) is 3.10. The lowest BCUT2D eigenvalue weighted by molar-refractivity contribution is 0.0690. The standard InChI is InChI=1S/C20H22N4O4/c1-4-15-9-17(19(25)26)22-18-10-16(23-24(15)18)13-5-7-14(8-6-13)21-20(27)28-11-12(2)3/h5-10,12H,4,11H2,1-3H3,(H,21,27)(H,25,26). The van der Waals surface area contributed by atoms with E-state index in [2.05, 4.69) is 15.4 Å². The van der Waals surface area contributed by atoms with Gasteiger partial charge in [-0.25, -0.2) is 19.1 Å². The van der Waals surface area contributed by atoms with Gasteiger partial charge in [-0.2, -0.15) is 5.10 Å². The molecule has 0 fully saturated rings. The van der Waals surface area contributed by atoms with Gasteiger partial charge in [0, 0.05) is 23.0 Å². The number of aromatic carboxylic acids is 1. The number of carboxylic acid groups (broad SMARTS) is 1. The van der Waals surface area contributed by atoms with E-state index in [4.69, 9.17) is 4.74 Å². The van der Waals surface area contributed by atoms with Crippen molar-refractivity contribution in [2.75, 3.05) is 11.9 Å². The highest BCUT2D eigenvalue weighted by Crippen LogP contribution is 2.22. The molecule has 8 nitrogen and oxygen atoms in total. The van der Waals surface area contributed by atoms with Crippen LogP contribution < -0.4 is 5.32 Å². The van der Waals surface area contributed by atoms with Crippen molar-refractivity contribution in [1.29, 1.82) is 0 Å². The summed E-state index contributed by atoms with van der Waals surface area (Å²) < 4.78 is 6.75. The van der Waals surface area contributed by atoms with Gasteiger partial charge in [-0.05, 0) is 30.5 Å². The van der Waals surface area contributed by atoms with Crippen LogP contribution in [0.25, 0.3) is 16.9 Å². The number of anilines is 1. The second kappa shape index (κ2) is 8.08. The van der Waals surface area contributed by atoms with Crippen LogP contribution in [0.3, 0.4) is 0 Å². The number of carbonyl (C=O) groups excluding carboxylic acids is 1. The molecule has 0 aliphatic rings. The minimum absolute atomic E-state index is 0.00439. The minimum Gasteiger partial charge on any atom is -0.477 e. The lowest BCUT2D eigenvalue weighted by Crippen LogP contribution is -2.16. The highest BCUT2D eigenvalue weighted by atomic mass is 16.5. The lowest BCUT2D eigenvalue weighted by atomic mass is 10.1. The summed E-state index contributed by atoms with van der Waals surface area (Å²) in [6.07, 6.45) is 0.133. The number of amides is 1. The van der Waals surface area contributed by atoms with Crippen LogP contribution in [-0.2, 0) is 11.2 Å². The summed E-state index contributed by atoms with van der Waals surface area (Å²) in [6.45, 7) is 6.22. The summed E-state index contributed by atoms with van der Waals surface area (Å²) in [5.74, 6) is -0.800. The third-order valence-electron chi connectivity index (χ3n) is 4.06. The number of aryl methyl sites for hydroxylation is 1. The molecule has 2 N–H and O–H groups in total. The van der Waals surface area contributed by atoms with Crippen LogP contribution in [-0.4, -0.2) is 38.4 Å². The number of fused-ring (bicyclic) bond motifs is 1. The number of nitrogens with zero attached hydrogens (tertiary/aromatic N) is 3. The number of carbonyl (C=O) groups is 2. The van der Waals surface area contributed by atoms with E-state index in [1.807, 2.05) is 32.9 Å². The van der Waals surface area contributed by atoms with Crippen LogP contribution in [0.15, 0.2) is 36.4 Å². The predicted molar refractivity (Wildman–Crippen MR) is 105 cm³/mol. The number of ether oxygens (including phenoxy) is 1. The minimum atomic E-state index is -1.07. The molecule has 1 aromatic carbocycles. The summed E-state index contributed by atoms with van der Waals surface area (Å²) in [6, 6.07) is 10.4. The second-order valence-electron chi connectivity index (χ2n) is 6.79. The van der Waals surface area contributed by atoms with Gasteiger partial charge in [0.2, 0.25) is 0 Å². The molecule has 2 heterocycles. The van der Waals surface area contributed by atoms with E-state index < -0.39 is 12.1 Å². The number of rotatable bonds is 6. The molecule has 0 bridgehead atoms. The maximum absolute atomic E-state index is 11.7. The molecule has 0 aliphatic carbocycles. The smallest absolute Gasteiger partial charge is 0.411 e. The molecule has 0 saturated heterocycles. The Balaban J connectivity index is 1.82. The topological polar surface area (TPSA) is 106 Å². The molecule has 0 saturated carbocycles. The zero-order chi connectivity index (χ0) is 20.3. The molecule has 0 atom stereocenters. The highest BCUT2D eigenvalue weighted by molar-refractivity contribution is 5.86. The summed E-state index contributed by atoms with van der Waals surface area (Å²) in [5.41, 5.74) is 3.34. The van der Waals surface area contributed by atoms with E-state index in [9.17, 15) is 14.7 Å². The van der Waals surface area contributed by atoms with Gasteiger partial charge in [-0.3, -0.25) is 5.32 Å². The molecule has 3 rings (SSSR count). The molecule has 0 spiro atoms. The fourth-order valence-corrected chi connectivity index (χ4v) is 2.66. The number of nitrogens with one attached hydrogen (secondary N) is 1. The van der Waals surface area contributed by atoms with Crippen LogP contribution >= 0.6 is 0 Å². The fraction of sp³-hybridized carbons (Fsp3) is 0.300. The molecule has 0 radical (unpaired) electrons. The molecular weight excluding hydrogens is 360 g/mol. The van der Waals surface area contributed by atoms with E-state index in [1.165, 1.54) is 6.07 Å². The van der Waals surface area contributed by atoms with Gasteiger partial charge in [-0.1, -0.05) is 32.9 Å². The van der Waals surface area contributed by atoms with Gasteiger partial charge in [0.1, 0.15) is 0 Å². The Morgan fingerprint density at radius 1 is 1.21 bits per heavy atom. The quantitative estimate of drug-likeness (QED) is 0.670. The first kappa shape index (κ1) is 19.3. The fourth-order valence-electron chi connectivity index (χ4n) is 2.66. The molecule has 0 aliphatic heterocycles. The van der Waals surface area contributed by atoms with Gasteiger partial charge >= 0.3 is 12.1 Å². The third-order valence-corrected chi connectivity index (χ3v) is 4.06. The Kier molecular flexibility index (Phi) is 5.58. The molecule has 2 aromatic heterocycles. The monoisotopic (exact) mass is 382 g/mol. The maximum atomic E-state index is 11.7. The number of hydrogen-bond donors (Lipinski definition) is 2. The van der Waals surface area contributed by atoms with Gasteiger partial charge in [0.25, 0.3) is 0 Å². The first-order valence-electron chi connectivity index (χ1n) is 9.04. The Morgan fingerprint density at radius 2 is 1.93 bits per heavy atom. The van der Waals surface area contributed by atoms with Crippen LogP contribution in [0.5, 0.6) is 0 Å². The maximum Gasteiger partial charge on any atom is 0.411 e. The van der Waals surface area contributed by atoms with Crippen molar-refractivity contribution in [2.24, 2.45) is 5.92 Å². The first-order chi connectivity index (χ1) is 13.4. The Bertz CT molecular complexity index is 1010. The van der Waals surface area contributed by atoms with Gasteiger partial charge in [0.05, 0.1) is 12.3 Å². The summed E-state index contributed by atoms with van der Waals surface area (Å²) in [4.78, 5) is 27.2. The lowest BCUT2D eigenvalue weighted by Gasteiger charge is -2.09. The van der Waals surface area contributed by atoms with Crippen molar-refractivity contribution < 1.29 is 19.4 Å².